The highest BCUT2D eigenvalue weighted by Crippen LogP contribution is 2.17. The Morgan fingerprint density at radius 3 is 2.38 bits per heavy atom. The molecule has 1 N–H and O–H groups in total. The molecule has 1 aromatic rings. The first-order chi connectivity index (χ1) is 9.97. The molecular weight excluding hydrogens is 266 g/mol. The molecule has 1 aliphatic rings. The number of rotatable bonds is 2. The maximum atomic E-state index is 12.0. The summed E-state index contributed by atoms with van der Waals surface area (Å²) in [5.41, 5.74) is 2.40. The van der Waals surface area contributed by atoms with Crippen LogP contribution in [0.25, 0.3) is 0 Å². The van der Waals surface area contributed by atoms with Crippen LogP contribution >= 0.6 is 0 Å². The van der Waals surface area contributed by atoms with E-state index in [2.05, 4.69) is 35.3 Å². The van der Waals surface area contributed by atoms with Crippen molar-refractivity contribution in [3.05, 3.63) is 29.8 Å². The lowest BCUT2D eigenvalue weighted by Crippen LogP contribution is -2.53. The number of amides is 2. The highest BCUT2D eigenvalue weighted by Gasteiger charge is 2.26. The van der Waals surface area contributed by atoms with E-state index in [0.717, 1.165) is 13.1 Å². The van der Waals surface area contributed by atoms with Gasteiger partial charge in [-0.15, -0.1) is 0 Å². The quantitative estimate of drug-likeness (QED) is 0.832. The van der Waals surface area contributed by atoms with Gasteiger partial charge in [-0.1, -0.05) is 12.1 Å². The van der Waals surface area contributed by atoms with Gasteiger partial charge in [0.25, 0.3) is 0 Å². The van der Waals surface area contributed by atoms with Crippen molar-refractivity contribution in [2.45, 2.75) is 26.8 Å². The van der Waals surface area contributed by atoms with Gasteiger partial charge in [-0.2, -0.15) is 0 Å². The standard InChI is InChI=1S/C16H23N3O2/c1-12(2)17-15(20)16(21)19-9-7-18(8-10-19)14-6-4-5-13(3)11-14/h4-6,11-12H,7-10H2,1-3H3,(H,17,20). The molecule has 1 aliphatic heterocycles. The van der Waals surface area contributed by atoms with Crippen LogP contribution in [0, 0.1) is 6.92 Å². The predicted octanol–water partition coefficient (Wildman–Crippen LogP) is 1.17. The average molecular weight is 289 g/mol. The fourth-order valence-corrected chi connectivity index (χ4v) is 2.46. The summed E-state index contributed by atoms with van der Waals surface area (Å²) in [6, 6.07) is 8.31. The van der Waals surface area contributed by atoms with Gasteiger partial charge >= 0.3 is 11.8 Å². The molecule has 0 radical (unpaired) electrons. The lowest BCUT2D eigenvalue weighted by Gasteiger charge is -2.36. The molecule has 1 fully saturated rings. The molecule has 5 nitrogen and oxygen atoms in total. The Labute approximate surface area is 125 Å². The van der Waals surface area contributed by atoms with Crippen LogP contribution in [0.15, 0.2) is 24.3 Å². The topological polar surface area (TPSA) is 52.7 Å². The summed E-state index contributed by atoms with van der Waals surface area (Å²) in [7, 11) is 0. The van der Waals surface area contributed by atoms with E-state index in [1.165, 1.54) is 11.3 Å². The maximum absolute atomic E-state index is 12.0. The fraction of sp³-hybridized carbons (Fsp3) is 0.500. The largest absolute Gasteiger partial charge is 0.368 e. The number of carbonyl (C=O) groups excluding carboxylic acids is 2. The Morgan fingerprint density at radius 2 is 1.81 bits per heavy atom. The number of nitrogens with zero attached hydrogens (tertiary/aromatic N) is 2. The van der Waals surface area contributed by atoms with Gasteiger partial charge in [0.05, 0.1) is 0 Å². The third-order valence-electron chi connectivity index (χ3n) is 3.55. The van der Waals surface area contributed by atoms with Crippen LogP contribution < -0.4 is 10.2 Å². The van der Waals surface area contributed by atoms with Gasteiger partial charge in [0.15, 0.2) is 0 Å². The molecule has 0 unspecified atom stereocenters. The van der Waals surface area contributed by atoms with Crippen molar-refractivity contribution in [3.63, 3.8) is 0 Å². The van der Waals surface area contributed by atoms with Gasteiger partial charge in [-0.25, -0.2) is 0 Å². The summed E-state index contributed by atoms with van der Waals surface area (Å²) < 4.78 is 0. The lowest BCUT2D eigenvalue weighted by molar-refractivity contribution is -0.146. The summed E-state index contributed by atoms with van der Waals surface area (Å²) in [5, 5.41) is 2.65. The fourth-order valence-electron chi connectivity index (χ4n) is 2.46. The van der Waals surface area contributed by atoms with E-state index in [-0.39, 0.29) is 6.04 Å². The van der Waals surface area contributed by atoms with Crippen molar-refractivity contribution in [1.82, 2.24) is 10.2 Å². The first-order valence-electron chi connectivity index (χ1n) is 7.39. The third-order valence-corrected chi connectivity index (χ3v) is 3.55. The number of benzene rings is 1. The zero-order valence-corrected chi connectivity index (χ0v) is 12.9. The molecule has 0 spiro atoms. The minimum atomic E-state index is -0.506. The predicted molar refractivity (Wildman–Crippen MR) is 83.3 cm³/mol. The first-order valence-corrected chi connectivity index (χ1v) is 7.39. The van der Waals surface area contributed by atoms with Gasteiger partial charge in [-0.3, -0.25) is 9.59 Å². The molecule has 1 aromatic carbocycles. The van der Waals surface area contributed by atoms with E-state index in [4.69, 9.17) is 0 Å². The van der Waals surface area contributed by atoms with Crippen LogP contribution in [0.1, 0.15) is 19.4 Å². The summed E-state index contributed by atoms with van der Waals surface area (Å²) >= 11 is 0. The number of hydrogen-bond donors (Lipinski definition) is 1. The Bertz CT molecular complexity index is 520. The minimum absolute atomic E-state index is 0.0185. The summed E-state index contributed by atoms with van der Waals surface area (Å²) in [4.78, 5) is 27.6. The summed E-state index contributed by atoms with van der Waals surface area (Å²) in [5.74, 6) is -0.929. The highest BCUT2D eigenvalue weighted by molar-refractivity contribution is 6.35. The maximum Gasteiger partial charge on any atom is 0.312 e. The van der Waals surface area contributed by atoms with Crippen LogP contribution in [-0.4, -0.2) is 48.9 Å². The molecule has 21 heavy (non-hydrogen) atoms. The van der Waals surface area contributed by atoms with Crippen LogP contribution in [-0.2, 0) is 9.59 Å². The zero-order chi connectivity index (χ0) is 15.4. The van der Waals surface area contributed by atoms with E-state index in [9.17, 15) is 9.59 Å². The molecule has 1 heterocycles. The second-order valence-electron chi connectivity index (χ2n) is 5.75. The van der Waals surface area contributed by atoms with E-state index in [1.807, 2.05) is 19.9 Å². The Kier molecular flexibility index (Phi) is 4.83. The van der Waals surface area contributed by atoms with Crippen molar-refractivity contribution >= 4 is 17.5 Å². The van der Waals surface area contributed by atoms with Crippen LogP contribution in [0.4, 0.5) is 5.69 Å². The van der Waals surface area contributed by atoms with Crippen LogP contribution in [0.3, 0.4) is 0 Å². The van der Waals surface area contributed by atoms with E-state index in [1.54, 1.807) is 4.90 Å². The molecule has 114 valence electrons. The molecule has 2 amide bonds. The van der Waals surface area contributed by atoms with Crippen molar-refractivity contribution < 1.29 is 9.59 Å². The van der Waals surface area contributed by atoms with Crippen molar-refractivity contribution in [2.75, 3.05) is 31.1 Å². The number of hydrogen-bond acceptors (Lipinski definition) is 3. The number of anilines is 1. The summed E-state index contributed by atoms with van der Waals surface area (Å²) in [6.07, 6.45) is 0. The Hall–Kier alpha value is -2.04. The molecule has 1 saturated heterocycles. The second-order valence-corrected chi connectivity index (χ2v) is 5.75. The first kappa shape index (κ1) is 15.4. The van der Waals surface area contributed by atoms with Gasteiger partial charge in [0, 0.05) is 37.9 Å². The smallest absolute Gasteiger partial charge is 0.312 e. The number of aryl methyl sites for hydroxylation is 1. The van der Waals surface area contributed by atoms with Crippen LogP contribution in [0.2, 0.25) is 0 Å². The monoisotopic (exact) mass is 289 g/mol. The molecule has 5 heteroatoms. The van der Waals surface area contributed by atoms with Gasteiger partial charge in [0.2, 0.25) is 0 Å². The second kappa shape index (κ2) is 6.61. The molecule has 0 atom stereocenters. The van der Waals surface area contributed by atoms with Crippen molar-refractivity contribution in [1.29, 1.82) is 0 Å². The Balaban J connectivity index is 1.91. The van der Waals surface area contributed by atoms with E-state index >= 15 is 0 Å². The van der Waals surface area contributed by atoms with Gasteiger partial charge in [0.1, 0.15) is 0 Å². The average Bonchev–Trinajstić information content (AvgIpc) is 2.46. The lowest BCUT2D eigenvalue weighted by atomic mass is 10.2. The van der Waals surface area contributed by atoms with E-state index in [0.29, 0.717) is 13.1 Å². The molecular formula is C16H23N3O2. The normalized spacial score (nSPS) is 15.2. The summed E-state index contributed by atoms with van der Waals surface area (Å²) in [6.45, 7) is 8.44. The number of piperazine rings is 1. The highest BCUT2D eigenvalue weighted by atomic mass is 16.2. The minimum Gasteiger partial charge on any atom is -0.368 e. The van der Waals surface area contributed by atoms with E-state index < -0.39 is 11.8 Å². The third kappa shape index (κ3) is 3.97. The zero-order valence-electron chi connectivity index (χ0n) is 12.9. The van der Waals surface area contributed by atoms with Crippen LogP contribution in [0.5, 0.6) is 0 Å². The van der Waals surface area contributed by atoms with Gasteiger partial charge < -0.3 is 15.1 Å². The number of nitrogens with one attached hydrogen (secondary N) is 1. The van der Waals surface area contributed by atoms with Crippen molar-refractivity contribution in [3.8, 4) is 0 Å². The SMILES string of the molecule is Cc1cccc(N2CCN(C(=O)C(=O)NC(C)C)CC2)c1. The molecule has 2 rings (SSSR count). The van der Waals surface area contributed by atoms with Crippen molar-refractivity contribution in [2.24, 2.45) is 0 Å². The Morgan fingerprint density at radius 1 is 1.14 bits per heavy atom. The molecule has 0 aromatic heterocycles. The van der Waals surface area contributed by atoms with Gasteiger partial charge in [-0.05, 0) is 38.5 Å². The molecule has 0 bridgehead atoms. The molecule has 0 saturated carbocycles. The molecule has 0 aliphatic carbocycles. The number of carbonyl (C=O) groups is 2.